The molecule has 0 fully saturated rings. The molecule has 1 unspecified atom stereocenters. The zero-order chi connectivity index (χ0) is 21.1. The Morgan fingerprint density at radius 3 is 2.63 bits per heavy atom. The highest BCUT2D eigenvalue weighted by Gasteiger charge is 2.19. The van der Waals surface area contributed by atoms with Crippen LogP contribution in [0.4, 0.5) is 5.69 Å². The third-order valence-corrected chi connectivity index (χ3v) is 4.53. The minimum atomic E-state index is -0.998. The van der Waals surface area contributed by atoms with Crippen LogP contribution in [0.25, 0.3) is 11.0 Å². The summed E-state index contributed by atoms with van der Waals surface area (Å²) in [6, 6.07) is 13.7. The van der Waals surface area contributed by atoms with Crippen molar-refractivity contribution in [1.29, 1.82) is 0 Å². The van der Waals surface area contributed by atoms with Gasteiger partial charge in [-0.15, -0.1) is 0 Å². The van der Waals surface area contributed by atoms with Gasteiger partial charge < -0.3 is 20.0 Å². The third-order valence-electron chi connectivity index (χ3n) is 4.53. The quantitative estimate of drug-likeness (QED) is 0.425. The molecule has 1 amide bonds. The summed E-state index contributed by atoms with van der Waals surface area (Å²) in [5, 5.41) is 6.81. The maximum Gasteiger partial charge on any atom is 0.338 e. The predicted molar refractivity (Wildman–Crippen MR) is 110 cm³/mol. The Balaban J connectivity index is 1.35. The molecule has 2 aromatic carbocycles. The summed E-state index contributed by atoms with van der Waals surface area (Å²) in [6.07, 6.45) is 2.56. The number of aromatic nitrogens is 4. The number of esters is 1. The van der Waals surface area contributed by atoms with Crippen LogP contribution in [-0.4, -0.2) is 37.7 Å². The number of fused-ring (bicyclic) bond motifs is 1. The molecule has 0 saturated heterocycles. The van der Waals surface area contributed by atoms with E-state index in [4.69, 9.17) is 4.74 Å². The lowest BCUT2D eigenvalue weighted by Crippen LogP contribution is -2.30. The van der Waals surface area contributed by atoms with Gasteiger partial charge in [0.2, 0.25) is 0 Å². The number of imidazole rings is 1. The summed E-state index contributed by atoms with van der Waals surface area (Å²) in [5.74, 6) is -1.07. The van der Waals surface area contributed by atoms with Crippen LogP contribution in [0.2, 0.25) is 0 Å². The van der Waals surface area contributed by atoms with Crippen molar-refractivity contribution in [2.45, 2.75) is 19.6 Å². The van der Waals surface area contributed by atoms with Crippen molar-refractivity contribution >= 4 is 28.6 Å². The molecule has 2 aromatic heterocycles. The number of anilines is 1. The van der Waals surface area contributed by atoms with E-state index in [2.05, 4.69) is 20.4 Å². The van der Waals surface area contributed by atoms with Gasteiger partial charge in [0.15, 0.2) is 6.10 Å². The third kappa shape index (κ3) is 4.30. The largest absolute Gasteiger partial charge is 0.449 e. The second-order valence-electron chi connectivity index (χ2n) is 6.78. The SMILES string of the molecule is CC(OC(=O)c1ccc(Cn2cccn2)cc1)C(=O)Nc1ccc2[nH]c(=O)[nH]c2c1. The molecule has 0 aliphatic rings. The van der Waals surface area contributed by atoms with Crippen molar-refractivity contribution in [3.63, 3.8) is 0 Å². The Morgan fingerprint density at radius 2 is 1.90 bits per heavy atom. The average molecular weight is 405 g/mol. The maximum atomic E-state index is 12.4. The Kier molecular flexibility index (Phi) is 5.17. The van der Waals surface area contributed by atoms with Crippen LogP contribution >= 0.6 is 0 Å². The van der Waals surface area contributed by atoms with Crippen molar-refractivity contribution in [2.24, 2.45) is 0 Å². The standard InChI is InChI=1S/C21H19N5O4/c1-13(19(27)23-16-7-8-17-18(11-16)25-21(29)24-17)30-20(28)15-5-3-14(4-6-15)12-26-10-2-9-22-26/h2-11,13H,12H2,1H3,(H,23,27)(H2,24,25,29). The van der Waals surface area contributed by atoms with E-state index < -0.39 is 18.0 Å². The molecule has 0 saturated carbocycles. The van der Waals surface area contributed by atoms with E-state index >= 15 is 0 Å². The summed E-state index contributed by atoms with van der Waals surface area (Å²) in [7, 11) is 0. The number of nitrogens with one attached hydrogen (secondary N) is 3. The van der Waals surface area contributed by atoms with Gasteiger partial charge in [0.1, 0.15) is 0 Å². The molecule has 1 atom stereocenters. The molecule has 0 spiro atoms. The van der Waals surface area contributed by atoms with Gasteiger partial charge in [0.05, 0.1) is 23.1 Å². The summed E-state index contributed by atoms with van der Waals surface area (Å²) < 4.78 is 7.05. The van der Waals surface area contributed by atoms with Gasteiger partial charge in [-0.2, -0.15) is 5.10 Å². The lowest BCUT2D eigenvalue weighted by Gasteiger charge is -2.14. The van der Waals surface area contributed by atoms with Crippen LogP contribution in [0.1, 0.15) is 22.8 Å². The van der Waals surface area contributed by atoms with E-state index in [1.807, 2.05) is 24.4 Å². The number of nitrogens with zero attached hydrogens (tertiary/aromatic N) is 2. The first-order valence-corrected chi connectivity index (χ1v) is 9.28. The smallest absolute Gasteiger partial charge is 0.338 e. The highest BCUT2D eigenvalue weighted by molar-refractivity contribution is 5.98. The lowest BCUT2D eigenvalue weighted by atomic mass is 10.1. The van der Waals surface area contributed by atoms with Gasteiger partial charge in [-0.25, -0.2) is 9.59 Å². The normalized spacial score (nSPS) is 11.9. The van der Waals surface area contributed by atoms with E-state index in [0.717, 1.165) is 5.56 Å². The first kappa shape index (κ1) is 19.2. The molecule has 2 heterocycles. The van der Waals surface area contributed by atoms with Crippen LogP contribution < -0.4 is 11.0 Å². The highest BCUT2D eigenvalue weighted by Crippen LogP contribution is 2.15. The van der Waals surface area contributed by atoms with E-state index in [9.17, 15) is 14.4 Å². The molecule has 0 aliphatic carbocycles. The molecule has 4 rings (SSSR count). The molecule has 152 valence electrons. The molecule has 9 nitrogen and oxygen atoms in total. The van der Waals surface area contributed by atoms with Crippen molar-refractivity contribution < 1.29 is 14.3 Å². The first-order chi connectivity index (χ1) is 14.5. The molecule has 0 bridgehead atoms. The van der Waals surface area contributed by atoms with E-state index in [1.165, 1.54) is 6.92 Å². The molecular formula is C21H19N5O4. The number of hydrogen-bond acceptors (Lipinski definition) is 5. The zero-order valence-corrected chi connectivity index (χ0v) is 16.1. The number of amides is 1. The fraction of sp³-hybridized carbons (Fsp3) is 0.143. The zero-order valence-electron chi connectivity index (χ0n) is 16.1. The van der Waals surface area contributed by atoms with E-state index in [0.29, 0.717) is 28.8 Å². The summed E-state index contributed by atoms with van der Waals surface area (Å²) in [6.45, 7) is 2.09. The van der Waals surface area contributed by atoms with E-state index in [-0.39, 0.29) is 5.69 Å². The average Bonchev–Trinajstić information content (AvgIpc) is 3.36. The van der Waals surface area contributed by atoms with Crippen molar-refractivity contribution in [3.05, 3.63) is 82.5 Å². The second kappa shape index (κ2) is 8.08. The molecule has 9 heteroatoms. The van der Waals surface area contributed by atoms with Crippen molar-refractivity contribution in [2.75, 3.05) is 5.32 Å². The minimum absolute atomic E-state index is 0.327. The summed E-state index contributed by atoms with van der Waals surface area (Å²) in [4.78, 5) is 41.3. The summed E-state index contributed by atoms with van der Waals surface area (Å²) in [5.41, 5.74) is 2.69. The van der Waals surface area contributed by atoms with Gasteiger partial charge >= 0.3 is 11.7 Å². The van der Waals surface area contributed by atoms with Gasteiger partial charge in [-0.3, -0.25) is 9.48 Å². The molecule has 4 aromatic rings. The minimum Gasteiger partial charge on any atom is -0.449 e. The highest BCUT2D eigenvalue weighted by atomic mass is 16.5. The second-order valence-corrected chi connectivity index (χ2v) is 6.78. The molecule has 30 heavy (non-hydrogen) atoms. The molecule has 3 N–H and O–H groups in total. The lowest BCUT2D eigenvalue weighted by molar-refractivity contribution is -0.123. The van der Waals surface area contributed by atoms with Crippen LogP contribution in [0, 0.1) is 0 Å². The first-order valence-electron chi connectivity index (χ1n) is 9.28. The van der Waals surface area contributed by atoms with Crippen molar-refractivity contribution in [1.82, 2.24) is 19.7 Å². The number of benzene rings is 2. The topological polar surface area (TPSA) is 122 Å². The molecular weight excluding hydrogens is 386 g/mol. The Labute approximate surface area is 170 Å². The van der Waals surface area contributed by atoms with Gasteiger partial charge in [-0.05, 0) is 48.9 Å². The van der Waals surface area contributed by atoms with Gasteiger partial charge in [0, 0.05) is 18.1 Å². The molecule has 0 radical (unpaired) electrons. The molecule has 0 aliphatic heterocycles. The van der Waals surface area contributed by atoms with Gasteiger partial charge in [0.25, 0.3) is 5.91 Å². The number of aromatic amines is 2. The number of ether oxygens (including phenoxy) is 1. The number of H-pyrrole nitrogens is 2. The number of carbonyl (C=O) groups is 2. The van der Waals surface area contributed by atoms with Crippen LogP contribution in [0.15, 0.2) is 65.7 Å². The fourth-order valence-corrected chi connectivity index (χ4v) is 2.96. The van der Waals surface area contributed by atoms with Gasteiger partial charge in [-0.1, -0.05) is 12.1 Å². The van der Waals surface area contributed by atoms with Crippen LogP contribution in [-0.2, 0) is 16.1 Å². The van der Waals surface area contributed by atoms with Crippen LogP contribution in [0.3, 0.4) is 0 Å². The maximum absolute atomic E-state index is 12.4. The Bertz CT molecular complexity index is 1240. The fourth-order valence-electron chi connectivity index (χ4n) is 2.96. The van der Waals surface area contributed by atoms with Crippen molar-refractivity contribution in [3.8, 4) is 0 Å². The predicted octanol–water partition coefficient (Wildman–Crippen LogP) is 2.28. The summed E-state index contributed by atoms with van der Waals surface area (Å²) >= 11 is 0. The number of carbonyl (C=O) groups excluding carboxylic acids is 2. The van der Waals surface area contributed by atoms with E-state index in [1.54, 1.807) is 41.2 Å². The monoisotopic (exact) mass is 405 g/mol. The number of hydrogen-bond donors (Lipinski definition) is 3. The Morgan fingerprint density at radius 1 is 1.13 bits per heavy atom. The van der Waals surface area contributed by atoms with Crippen LogP contribution in [0.5, 0.6) is 0 Å². The number of rotatable bonds is 6. The Hall–Kier alpha value is -4.14.